The van der Waals surface area contributed by atoms with E-state index in [2.05, 4.69) is 10.6 Å². The lowest BCUT2D eigenvalue weighted by molar-refractivity contribution is -0.116. The number of Topliss-reactive ketones (excluding diaryl/α,β-unsaturated/α-hetero) is 1. The number of ketones is 1. The number of nitrogens with one attached hydrogen (secondary N) is 2. The first-order valence-corrected chi connectivity index (χ1v) is 13.5. The van der Waals surface area contributed by atoms with E-state index in [1.807, 2.05) is 97.1 Å². The van der Waals surface area contributed by atoms with Crippen molar-refractivity contribution in [3.63, 3.8) is 0 Å². The summed E-state index contributed by atoms with van der Waals surface area (Å²) in [4.78, 5) is 14.0. The van der Waals surface area contributed by atoms with Crippen LogP contribution in [0.15, 0.2) is 108 Å². The number of ether oxygens (including phenoxy) is 3. The van der Waals surface area contributed by atoms with Crippen LogP contribution in [0.25, 0.3) is 0 Å². The molecule has 0 unspecified atom stereocenters. The van der Waals surface area contributed by atoms with Gasteiger partial charge in [-0.2, -0.15) is 0 Å². The number of carbonyl (C=O) groups is 1. The number of methoxy groups -OCH3 is 2. The van der Waals surface area contributed by atoms with E-state index in [0.29, 0.717) is 30.9 Å². The van der Waals surface area contributed by atoms with Crippen LogP contribution >= 0.6 is 0 Å². The average Bonchev–Trinajstić information content (AvgIpc) is 3.17. The standard InChI is InChI=1S/C34H32N2O4/c1-38-31-17-16-23(20-32(31)39-2)24-18-28-33(29(37)19-24)34(36-27-14-8-7-13-26(27)35-28)25-12-6-9-15-30(25)40-21-22-10-4-3-5-11-22/h3-17,20,24,34-36H,18-19,21H2,1-2H3/t24-,34-/m1/s1. The molecule has 6 nitrogen and oxygen atoms in total. The van der Waals surface area contributed by atoms with Crippen LogP contribution in [0.3, 0.4) is 0 Å². The Labute approximate surface area is 234 Å². The van der Waals surface area contributed by atoms with Gasteiger partial charge in [-0.25, -0.2) is 0 Å². The Morgan fingerprint density at radius 3 is 2.27 bits per heavy atom. The zero-order valence-corrected chi connectivity index (χ0v) is 22.6. The Bertz CT molecular complexity index is 1560. The topological polar surface area (TPSA) is 68.8 Å². The minimum atomic E-state index is -0.364. The van der Waals surface area contributed by atoms with Crippen LogP contribution in [0.5, 0.6) is 17.2 Å². The molecule has 0 aromatic heterocycles. The molecule has 1 heterocycles. The monoisotopic (exact) mass is 532 g/mol. The van der Waals surface area contributed by atoms with Crippen molar-refractivity contribution in [2.45, 2.75) is 31.4 Å². The van der Waals surface area contributed by atoms with Crippen molar-refractivity contribution < 1.29 is 19.0 Å². The smallest absolute Gasteiger partial charge is 0.163 e. The Hall–Kier alpha value is -4.71. The molecule has 0 fully saturated rings. The quantitative estimate of drug-likeness (QED) is 0.261. The molecular weight excluding hydrogens is 500 g/mol. The molecule has 6 heteroatoms. The first kappa shape index (κ1) is 25.6. The van der Waals surface area contributed by atoms with E-state index < -0.39 is 0 Å². The van der Waals surface area contributed by atoms with Crippen molar-refractivity contribution in [1.82, 2.24) is 0 Å². The summed E-state index contributed by atoms with van der Waals surface area (Å²) < 4.78 is 17.3. The second-order valence-electron chi connectivity index (χ2n) is 10.1. The second kappa shape index (κ2) is 11.2. The number of benzene rings is 4. The molecule has 0 amide bonds. The van der Waals surface area contributed by atoms with Gasteiger partial charge in [-0.1, -0.05) is 66.7 Å². The molecule has 4 aromatic rings. The number of fused-ring (bicyclic) bond motifs is 1. The normalized spacial score (nSPS) is 18.0. The predicted octanol–water partition coefficient (Wildman–Crippen LogP) is 7.26. The molecule has 2 atom stereocenters. The third-order valence-electron chi connectivity index (χ3n) is 7.66. The first-order valence-electron chi connectivity index (χ1n) is 13.5. The van der Waals surface area contributed by atoms with Crippen molar-refractivity contribution in [2.75, 3.05) is 24.9 Å². The first-order chi connectivity index (χ1) is 19.6. The molecule has 0 saturated carbocycles. The van der Waals surface area contributed by atoms with Crippen molar-refractivity contribution in [3.8, 4) is 17.2 Å². The molecule has 0 spiro atoms. The maximum Gasteiger partial charge on any atom is 0.163 e. The largest absolute Gasteiger partial charge is 0.493 e. The van der Waals surface area contributed by atoms with Gasteiger partial charge in [0.2, 0.25) is 0 Å². The van der Waals surface area contributed by atoms with Crippen LogP contribution in [0.4, 0.5) is 11.4 Å². The molecule has 0 bridgehead atoms. The average molecular weight is 533 g/mol. The highest BCUT2D eigenvalue weighted by molar-refractivity contribution is 6.01. The van der Waals surface area contributed by atoms with Crippen molar-refractivity contribution in [2.24, 2.45) is 0 Å². The van der Waals surface area contributed by atoms with Crippen LogP contribution in [-0.2, 0) is 11.4 Å². The second-order valence-corrected chi connectivity index (χ2v) is 10.1. The Kier molecular flexibility index (Phi) is 7.15. The predicted molar refractivity (Wildman–Crippen MR) is 157 cm³/mol. The van der Waals surface area contributed by atoms with E-state index in [1.165, 1.54) is 0 Å². The molecular formula is C34H32N2O4. The van der Waals surface area contributed by atoms with E-state index in [9.17, 15) is 4.79 Å². The maximum absolute atomic E-state index is 14.0. The van der Waals surface area contributed by atoms with Gasteiger partial charge in [0.1, 0.15) is 12.4 Å². The van der Waals surface area contributed by atoms with Crippen LogP contribution in [-0.4, -0.2) is 20.0 Å². The molecule has 1 aliphatic carbocycles. The lowest BCUT2D eigenvalue weighted by Gasteiger charge is -2.30. The summed E-state index contributed by atoms with van der Waals surface area (Å²) in [5.74, 6) is 2.21. The van der Waals surface area contributed by atoms with Gasteiger partial charge < -0.3 is 24.8 Å². The lowest BCUT2D eigenvalue weighted by Crippen LogP contribution is -2.27. The molecule has 2 N–H and O–H groups in total. The van der Waals surface area contributed by atoms with Gasteiger partial charge in [0.25, 0.3) is 0 Å². The number of anilines is 2. The number of allylic oxidation sites excluding steroid dienone is 1. The highest BCUT2D eigenvalue weighted by Gasteiger charge is 2.37. The highest BCUT2D eigenvalue weighted by atomic mass is 16.5. The third kappa shape index (κ3) is 5.00. The molecule has 4 aromatic carbocycles. The number of carbonyl (C=O) groups excluding carboxylic acids is 1. The summed E-state index contributed by atoms with van der Waals surface area (Å²) in [5, 5.41) is 7.29. The SMILES string of the molecule is COc1ccc([C@H]2CC(=O)C3=C(C2)Nc2ccccc2N[C@@H]3c2ccccc2OCc2ccccc2)cc1OC. The van der Waals surface area contributed by atoms with Crippen LogP contribution in [0.2, 0.25) is 0 Å². The molecule has 202 valence electrons. The summed E-state index contributed by atoms with van der Waals surface area (Å²) in [6, 6.07) is 31.7. The summed E-state index contributed by atoms with van der Waals surface area (Å²) in [7, 11) is 3.26. The fraction of sp³-hybridized carbons (Fsp3) is 0.206. The molecule has 0 radical (unpaired) electrons. The van der Waals surface area contributed by atoms with E-state index in [1.54, 1.807) is 14.2 Å². The number of hydrogen-bond donors (Lipinski definition) is 2. The Morgan fingerprint density at radius 2 is 1.48 bits per heavy atom. The van der Waals surface area contributed by atoms with Crippen molar-refractivity contribution in [1.29, 1.82) is 0 Å². The van der Waals surface area contributed by atoms with Gasteiger partial charge >= 0.3 is 0 Å². The molecule has 2 aliphatic rings. The van der Waals surface area contributed by atoms with Gasteiger partial charge in [-0.05, 0) is 53.8 Å². The molecule has 1 aliphatic heterocycles. The van der Waals surface area contributed by atoms with Crippen LogP contribution in [0.1, 0.15) is 41.5 Å². The number of hydrogen-bond acceptors (Lipinski definition) is 6. The van der Waals surface area contributed by atoms with E-state index in [4.69, 9.17) is 14.2 Å². The minimum absolute atomic E-state index is 0.00837. The van der Waals surface area contributed by atoms with Crippen molar-refractivity contribution >= 4 is 17.2 Å². The summed E-state index contributed by atoms with van der Waals surface area (Å²) in [6.45, 7) is 0.445. The van der Waals surface area contributed by atoms with E-state index in [0.717, 1.165) is 45.1 Å². The van der Waals surface area contributed by atoms with Crippen molar-refractivity contribution in [3.05, 3.63) is 125 Å². The third-order valence-corrected chi connectivity index (χ3v) is 7.66. The Morgan fingerprint density at radius 1 is 0.750 bits per heavy atom. The number of para-hydroxylation sites is 3. The lowest BCUT2D eigenvalue weighted by atomic mass is 9.78. The Balaban J connectivity index is 1.39. The fourth-order valence-corrected chi connectivity index (χ4v) is 5.65. The summed E-state index contributed by atoms with van der Waals surface area (Å²) in [6.07, 6.45) is 1.09. The van der Waals surface area contributed by atoms with Crippen LogP contribution < -0.4 is 24.8 Å². The minimum Gasteiger partial charge on any atom is -0.493 e. The zero-order valence-electron chi connectivity index (χ0n) is 22.6. The van der Waals surface area contributed by atoms with E-state index >= 15 is 0 Å². The van der Waals surface area contributed by atoms with Gasteiger partial charge in [-0.15, -0.1) is 0 Å². The molecule has 0 saturated heterocycles. The summed E-state index contributed by atoms with van der Waals surface area (Å²) >= 11 is 0. The highest BCUT2D eigenvalue weighted by Crippen LogP contribution is 2.46. The summed E-state index contributed by atoms with van der Waals surface area (Å²) in [5.41, 5.74) is 6.64. The van der Waals surface area contributed by atoms with Gasteiger partial charge in [0.05, 0.1) is 31.6 Å². The van der Waals surface area contributed by atoms with E-state index in [-0.39, 0.29) is 17.7 Å². The number of rotatable bonds is 7. The molecule has 40 heavy (non-hydrogen) atoms. The maximum atomic E-state index is 14.0. The van der Waals surface area contributed by atoms with Crippen LogP contribution in [0, 0.1) is 0 Å². The fourth-order valence-electron chi connectivity index (χ4n) is 5.65. The van der Waals surface area contributed by atoms with Gasteiger partial charge in [-0.3, -0.25) is 4.79 Å². The van der Waals surface area contributed by atoms with Gasteiger partial charge in [0, 0.05) is 23.3 Å². The van der Waals surface area contributed by atoms with Gasteiger partial charge in [0.15, 0.2) is 17.3 Å². The molecule has 6 rings (SSSR count). The zero-order chi connectivity index (χ0) is 27.5.